The first-order valence-corrected chi connectivity index (χ1v) is 2.87. The third-order valence-corrected chi connectivity index (χ3v) is 0.742. The minimum absolute atomic E-state index is 1.39. The fourth-order valence-electron chi connectivity index (χ4n) is 0.374. The van der Waals surface area contributed by atoms with E-state index in [9.17, 15) is 0 Å². The molecule has 0 bridgehead atoms. The van der Waals surface area contributed by atoms with Gasteiger partial charge in [-0.15, -0.1) is 15.3 Å². The van der Waals surface area contributed by atoms with E-state index in [4.69, 9.17) is 0 Å². The highest BCUT2D eigenvalue weighted by Gasteiger charge is 1.74. The highest BCUT2D eigenvalue weighted by atomic mass is 15.3. The second kappa shape index (κ2) is 5.04. The van der Waals surface area contributed by atoms with Crippen molar-refractivity contribution in [3.05, 3.63) is 24.5 Å². The zero-order valence-corrected chi connectivity index (χ0v) is 5.62. The average molecular weight is 147 g/mol. The lowest BCUT2D eigenvalue weighted by Gasteiger charge is -1.67. The number of aromatic nitrogens is 2. The summed E-state index contributed by atoms with van der Waals surface area (Å²) in [5, 5.41) is 17.1. The molecule has 0 aliphatic carbocycles. The van der Waals surface area contributed by atoms with Gasteiger partial charge in [0.1, 0.15) is 18.9 Å². The SMILES string of the molecule is C1=NN=C[N]1.[c]1cccnn1. The molecule has 2 heterocycles. The molecule has 0 amide bonds. The largest absolute Gasteiger partial charge is 0.221 e. The smallest absolute Gasteiger partial charge is 0.139 e. The highest BCUT2D eigenvalue weighted by molar-refractivity contribution is 5.77. The molecule has 5 heteroatoms. The fraction of sp³-hybridized carbons (Fsp3) is 0. The van der Waals surface area contributed by atoms with Crippen molar-refractivity contribution in [3.63, 3.8) is 0 Å². The van der Waals surface area contributed by atoms with Gasteiger partial charge in [0.15, 0.2) is 0 Å². The molecule has 0 aromatic carbocycles. The Kier molecular flexibility index (Phi) is 3.36. The average Bonchev–Trinajstić information content (AvgIpc) is 2.64. The number of hydrogen-bond acceptors (Lipinski definition) is 4. The van der Waals surface area contributed by atoms with Crippen LogP contribution in [0.15, 0.2) is 28.5 Å². The van der Waals surface area contributed by atoms with Crippen LogP contribution in [0.3, 0.4) is 0 Å². The van der Waals surface area contributed by atoms with E-state index in [0.717, 1.165) is 0 Å². The first-order valence-electron chi connectivity index (χ1n) is 2.87. The molecule has 2 rings (SSSR count). The molecule has 1 aromatic heterocycles. The van der Waals surface area contributed by atoms with Crippen LogP contribution in [0.1, 0.15) is 0 Å². The summed E-state index contributed by atoms with van der Waals surface area (Å²) in [6, 6.07) is 3.47. The van der Waals surface area contributed by atoms with Crippen LogP contribution in [0.5, 0.6) is 0 Å². The van der Waals surface area contributed by atoms with Gasteiger partial charge in [-0.1, -0.05) is 0 Å². The molecule has 5 nitrogen and oxygen atoms in total. The maximum atomic E-state index is 3.50. The molecule has 1 aliphatic heterocycles. The Hall–Kier alpha value is -1.78. The van der Waals surface area contributed by atoms with Gasteiger partial charge in [0.25, 0.3) is 0 Å². The van der Waals surface area contributed by atoms with Crippen LogP contribution in [-0.2, 0) is 0 Å². The standard InChI is InChI=1S/C4H3N2.C2H2N3/c1-2-4-6-5-3-1;1-3-2-5-4-1/h1-3H;1-2H. The van der Waals surface area contributed by atoms with Crippen LogP contribution in [0.2, 0.25) is 0 Å². The summed E-state index contributed by atoms with van der Waals surface area (Å²) in [6.45, 7) is 0. The van der Waals surface area contributed by atoms with Gasteiger partial charge < -0.3 is 0 Å². The maximum absolute atomic E-state index is 3.50. The molecule has 0 fully saturated rings. The van der Waals surface area contributed by atoms with E-state index in [1.165, 1.54) is 12.7 Å². The molecule has 0 saturated carbocycles. The summed E-state index contributed by atoms with van der Waals surface area (Å²) in [5.74, 6) is 0. The molecule has 1 aliphatic rings. The lowest BCUT2D eigenvalue weighted by atomic mass is 10.6. The van der Waals surface area contributed by atoms with Crippen molar-refractivity contribution in [3.8, 4) is 0 Å². The Balaban J connectivity index is 0.000000112. The molecule has 11 heavy (non-hydrogen) atoms. The molecule has 0 N–H and O–H groups in total. The van der Waals surface area contributed by atoms with Gasteiger partial charge in [0.05, 0.1) is 0 Å². The van der Waals surface area contributed by atoms with Gasteiger partial charge in [0, 0.05) is 6.20 Å². The zero-order chi connectivity index (χ0) is 7.78. The van der Waals surface area contributed by atoms with Gasteiger partial charge in [-0.05, 0) is 12.1 Å². The second-order valence-corrected chi connectivity index (χ2v) is 1.46. The predicted octanol–water partition coefficient (Wildman–Crippen LogP) is -0.147. The van der Waals surface area contributed by atoms with Crippen molar-refractivity contribution in [2.75, 3.05) is 0 Å². The molecule has 54 valence electrons. The lowest BCUT2D eigenvalue weighted by Crippen LogP contribution is -1.87. The van der Waals surface area contributed by atoms with Crippen molar-refractivity contribution in [1.29, 1.82) is 0 Å². The molecule has 0 atom stereocenters. The van der Waals surface area contributed by atoms with Gasteiger partial charge in [-0.2, -0.15) is 5.10 Å². The molecular weight excluding hydrogens is 142 g/mol. The molecule has 0 saturated heterocycles. The summed E-state index contributed by atoms with van der Waals surface area (Å²) in [5.41, 5.74) is 0. The van der Waals surface area contributed by atoms with E-state index in [1.807, 2.05) is 0 Å². The summed E-state index contributed by atoms with van der Waals surface area (Å²) in [4.78, 5) is 0. The lowest BCUT2D eigenvalue weighted by molar-refractivity contribution is 1.02. The van der Waals surface area contributed by atoms with E-state index in [-0.39, 0.29) is 0 Å². The molecular formula is C6H5N5. The van der Waals surface area contributed by atoms with Crippen molar-refractivity contribution in [2.45, 2.75) is 0 Å². The predicted molar refractivity (Wildman–Crippen MR) is 40.0 cm³/mol. The number of nitrogens with zero attached hydrogens (tertiary/aromatic N) is 5. The minimum Gasteiger partial charge on any atom is -0.221 e. The van der Waals surface area contributed by atoms with Crippen LogP contribution in [0, 0.1) is 6.20 Å². The monoisotopic (exact) mass is 147 g/mol. The zero-order valence-electron chi connectivity index (χ0n) is 5.62. The molecule has 2 radical (unpaired) electrons. The first-order chi connectivity index (χ1) is 5.50. The second-order valence-electron chi connectivity index (χ2n) is 1.46. The van der Waals surface area contributed by atoms with E-state index in [0.29, 0.717) is 0 Å². The Labute approximate surface area is 63.9 Å². The van der Waals surface area contributed by atoms with E-state index in [1.54, 1.807) is 18.3 Å². The van der Waals surface area contributed by atoms with E-state index in [2.05, 4.69) is 31.9 Å². The Bertz CT molecular complexity index is 193. The van der Waals surface area contributed by atoms with Crippen LogP contribution in [0.4, 0.5) is 0 Å². The van der Waals surface area contributed by atoms with Crippen LogP contribution < -0.4 is 5.32 Å². The molecule has 1 aromatic rings. The number of rotatable bonds is 0. The molecule has 0 unspecified atom stereocenters. The van der Waals surface area contributed by atoms with Crippen LogP contribution in [-0.4, -0.2) is 22.9 Å². The normalized spacial score (nSPS) is 11.6. The Morgan fingerprint density at radius 3 is 2.09 bits per heavy atom. The van der Waals surface area contributed by atoms with Crippen molar-refractivity contribution in [1.82, 2.24) is 15.5 Å². The van der Waals surface area contributed by atoms with Crippen molar-refractivity contribution in [2.24, 2.45) is 10.2 Å². The first kappa shape index (κ1) is 7.33. The van der Waals surface area contributed by atoms with Crippen molar-refractivity contribution < 1.29 is 0 Å². The van der Waals surface area contributed by atoms with Gasteiger partial charge in [0.2, 0.25) is 0 Å². The summed E-state index contributed by atoms with van der Waals surface area (Å²) < 4.78 is 0. The van der Waals surface area contributed by atoms with Gasteiger partial charge >= 0.3 is 0 Å². The Morgan fingerprint density at radius 1 is 1.09 bits per heavy atom. The highest BCUT2D eigenvalue weighted by Crippen LogP contribution is 1.68. The van der Waals surface area contributed by atoms with Gasteiger partial charge in [-0.3, -0.25) is 0 Å². The fourth-order valence-corrected chi connectivity index (χ4v) is 0.374. The van der Waals surface area contributed by atoms with Crippen molar-refractivity contribution >= 4 is 12.7 Å². The third kappa shape index (κ3) is 3.74. The van der Waals surface area contributed by atoms with E-state index >= 15 is 0 Å². The topological polar surface area (TPSA) is 64.6 Å². The summed E-state index contributed by atoms with van der Waals surface area (Å²) in [6.07, 6.45) is 6.92. The van der Waals surface area contributed by atoms with E-state index < -0.39 is 0 Å². The van der Waals surface area contributed by atoms with Gasteiger partial charge in [-0.25, -0.2) is 5.32 Å². The van der Waals surface area contributed by atoms with Crippen LogP contribution >= 0.6 is 0 Å². The third-order valence-electron chi connectivity index (χ3n) is 0.742. The van der Waals surface area contributed by atoms with Crippen LogP contribution in [0.25, 0.3) is 0 Å². The summed E-state index contributed by atoms with van der Waals surface area (Å²) in [7, 11) is 0. The summed E-state index contributed by atoms with van der Waals surface area (Å²) >= 11 is 0. The molecule has 0 spiro atoms. The maximum Gasteiger partial charge on any atom is 0.139 e. The number of hydrogen-bond donors (Lipinski definition) is 0. The quantitative estimate of drug-likeness (QED) is 0.512. The minimum atomic E-state index is 1.39. The Morgan fingerprint density at radius 2 is 1.91 bits per heavy atom.